The molecule has 0 unspecified atom stereocenters. The summed E-state index contributed by atoms with van der Waals surface area (Å²) in [7, 11) is 2.90. The molecule has 2 heterocycles. The van der Waals surface area contributed by atoms with E-state index in [4.69, 9.17) is 0 Å². The minimum Gasteiger partial charge on any atom is -0.464 e. The molecule has 3 rings (SSSR count). The lowest BCUT2D eigenvalue weighted by molar-refractivity contribution is 0.0589. The van der Waals surface area contributed by atoms with Crippen molar-refractivity contribution in [2.75, 3.05) is 7.11 Å². The molecule has 3 aromatic rings. The molecule has 120 valence electrons. The fraction of sp³-hybridized carbons (Fsp3) is 0.235. The molecule has 6 nitrogen and oxygen atoms in total. The van der Waals surface area contributed by atoms with E-state index >= 15 is 0 Å². The van der Waals surface area contributed by atoms with Crippen LogP contribution >= 0.6 is 0 Å². The third-order valence-corrected chi connectivity index (χ3v) is 3.42. The number of aromatic amines is 1. The van der Waals surface area contributed by atoms with Gasteiger partial charge in [-0.2, -0.15) is 0 Å². The molecule has 0 aliphatic carbocycles. The summed E-state index contributed by atoms with van der Waals surface area (Å²) in [6.45, 7) is 4.00. The van der Waals surface area contributed by atoms with Crippen molar-refractivity contribution in [3.63, 3.8) is 0 Å². The maximum atomic E-state index is 12.6. The van der Waals surface area contributed by atoms with Crippen molar-refractivity contribution in [3.8, 4) is 0 Å². The van der Waals surface area contributed by atoms with Crippen molar-refractivity contribution in [1.29, 1.82) is 0 Å². The SMILES string of the molecule is CC.COC(=O)c1cnc(C(=O)c2c[nH]c3ccccc23)n1C. The third-order valence-electron chi connectivity index (χ3n) is 3.42. The second-order valence-electron chi connectivity index (χ2n) is 4.59. The van der Waals surface area contributed by atoms with Crippen LogP contribution in [0, 0.1) is 0 Å². The minimum absolute atomic E-state index is 0.195. The van der Waals surface area contributed by atoms with E-state index < -0.39 is 5.97 Å². The molecule has 0 saturated carbocycles. The number of nitrogens with one attached hydrogen (secondary N) is 1. The van der Waals surface area contributed by atoms with Gasteiger partial charge in [-0.15, -0.1) is 0 Å². The lowest BCUT2D eigenvalue weighted by Crippen LogP contribution is -2.13. The summed E-state index contributed by atoms with van der Waals surface area (Å²) in [6, 6.07) is 7.52. The van der Waals surface area contributed by atoms with Gasteiger partial charge in [0.2, 0.25) is 5.78 Å². The number of methoxy groups -OCH3 is 1. The van der Waals surface area contributed by atoms with Gasteiger partial charge in [0.1, 0.15) is 5.69 Å². The quantitative estimate of drug-likeness (QED) is 0.596. The lowest BCUT2D eigenvalue weighted by atomic mass is 10.1. The summed E-state index contributed by atoms with van der Waals surface area (Å²) < 4.78 is 6.09. The maximum Gasteiger partial charge on any atom is 0.356 e. The van der Waals surface area contributed by atoms with E-state index in [1.165, 1.54) is 17.9 Å². The van der Waals surface area contributed by atoms with Crippen LogP contribution in [0.25, 0.3) is 10.9 Å². The van der Waals surface area contributed by atoms with Crippen LogP contribution in [0.3, 0.4) is 0 Å². The zero-order valence-corrected chi connectivity index (χ0v) is 13.6. The van der Waals surface area contributed by atoms with Crippen LogP contribution in [0.5, 0.6) is 0 Å². The second kappa shape index (κ2) is 6.91. The van der Waals surface area contributed by atoms with E-state index in [0.29, 0.717) is 5.56 Å². The largest absolute Gasteiger partial charge is 0.464 e. The predicted molar refractivity (Wildman–Crippen MR) is 87.6 cm³/mol. The van der Waals surface area contributed by atoms with Crippen LogP contribution in [0.15, 0.2) is 36.7 Å². The summed E-state index contributed by atoms with van der Waals surface area (Å²) in [4.78, 5) is 31.3. The number of esters is 1. The Morgan fingerprint density at radius 2 is 1.91 bits per heavy atom. The Labute approximate surface area is 134 Å². The second-order valence-corrected chi connectivity index (χ2v) is 4.59. The topological polar surface area (TPSA) is 77.0 Å². The number of aromatic nitrogens is 3. The van der Waals surface area contributed by atoms with Crippen LogP contribution in [0.1, 0.15) is 40.5 Å². The molecule has 0 aliphatic rings. The molecule has 0 radical (unpaired) electrons. The Morgan fingerprint density at radius 3 is 2.61 bits per heavy atom. The normalized spacial score (nSPS) is 10.1. The monoisotopic (exact) mass is 313 g/mol. The van der Waals surface area contributed by atoms with Crippen molar-refractivity contribution >= 4 is 22.7 Å². The minimum atomic E-state index is -0.525. The molecule has 0 aliphatic heterocycles. The first-order chi connectivity index (χ1) is 11.1. The summed E-state index contributed by atoms with van der Waals surface area (Å²) in [5.41, 5.74) is 1.64. The number of H-pyrrole nitrogens is 1. The highest BCUT2D eigenvalue weighted by Gasteiger charge is 2.22. The number of ether oxygens (including phenoxy) is 1. The van der Waals surface area contributed by atoms with Crippen molar-refractivity contribution in [3.05, 3.63) is 53.7 Å². The van der Waals surface area contributed by atoms with Gasteiger partial charge in [0.05, 0.1) is 18.9 Å². The van der Waals surface area contributed by atoms with Crippen molar-refractivity contribution in [2.45, 2.75) is 13.8 Å². The number of carbonyl (C=O) groups excluding carboxylic acids is 2. The molecule has 0 saturated heterocycles. The summed E-state index contributed by atoms with van der Waals surface area (Å²) in [6.07, 6.45) is 2.99. The zero-order valence-electron chi connectivity index (χ0n) is 13.6. The van der Waals surface area contributed by atoms with Gasteiger partial charge in [-0.3, -0.25) is 4.79 Å². The predicted octanol–water partition coefficient (Wildman–Crippen LogP) is 2.95. The number of hydrogen-bond donors (Lipinski definition) is 1. The molecule has 0 atom stereocenters. The van der Waals surface area contributed by atoms with Crippen molar-refractivity contribution in [1.82, 2.24) is 14.5 Å². The standard InChI is InChI=1S/C15H13N3O3.C2H6/c1-18-12(15(20)21-2)8-17-14(18)13(19)10-7-16-11-6-4-3-5-9(10)11;1-2/h3-8,16H,1-2H3;1-2H3. The van der Waals surface area contributed by atoms with Gasteiger partial charge in [0.15, 0.2) is 5.82 Å². The lowest BCUT2D eigenvalue weighted by Gasteiger charge is -2.03. The number of fused-ring (bicyclic) bond motifs is 1. The third kappa shape index (κ3) is 2.88. The number of hydrogen-bond acceptors (Lipinski definition) is 4. The van der Waals surface area contributed by atoms with Gasteiger partial charge < -0.3 is 14.3 Å². The van der Waals surface area contributed by atoms with Crippen LogP contribution in [0.2, 0.25) is 0 Å². The van der Waals surface area contributed by atoms with E-state index in [-0.39, 0.29) is 17.3 Å². The molecule has 0 spiro atoms. The molecule has 0 amide bonds. The average molecular weight is 313 g/mol. The van der Waals surface area contributed by atoms with Gasteiger partial charge in [-0.05, 0) is 6.07 Å². The molecule has 0 fully saturated rings. The number of carbonyl (C=O) groups is 2. The first-order valence-electron chi connectivity index (χ1n) is 7.34. The molecule has 1 N–H and O–H groups in total. The Bertz CT molecular complexity index is 846. The molecule has 6 heteroatoms. The number of benzene rings is 1. The van der Waals surface area contributed by atoms with Gasteiger partial charge in [-0.25, -0.2) is 9.78 Å². The fourth-order valence-corrected chi connectivity index (χ4v) is 2.29. The number of ketones is 1. The Morgan fingerprint density at radius 1 is 1.22 bits per heavy atom. The Hall–Kier alpha value is -2.89. The highest BCUT2D eigenvalue weighted by atomic mass is 16.5. The molecule has 23 heavy (non-hydrogen) atoms. The Kier molecular flexibility index (Phi) is 4.95. The number of rotatable bonds is 3. The molecule has 0 bridgehead atoms. The number of imidazole rings is 1. The molecule has 2 aromatic heterocycles. The van der Waals surface area contributed by atoms with Crippen LogP contribution in [0.4, 0.5) is 0 Å². The van der Waals surface area contributed by atoms with E-state index in [1.54, 1.807) is 13.2 Å². The number of para-hydroxylation sites is 1. The van der Waals surface area contributed by atoms with Crippen molar-refractivity contribution in [2.24, 2.45) is 7.05 Å². The Balaban J connectivity index is 0.000000924. The van der Waals surface area contributed by atoms with Gasteiger partial charge in [0, 0.05) is 24.1 Å². The number of nitrogens with zero attached hydrogens (tertiary/aromatic N) is 2. The van der Waals surface area contributed by atoms with Gasteiger partial charge in [0.25, 0.3) is 0 Å². The van der Waals surface area contributed by atoms with E-state index in [9.17, 15) is 9.59 Å². The van der Waals surface area contributed by atoms with E-state index in [1.807, 2.05) is 38.1 Å². The summed E-state index contributed by atoms with van der Waals surface area (Å²) in [5.74, 6) is -0.576. The van der Waals surface area contributed by atoms with E-state index in [2.05, 4.69) is 14.7 Å². The summed E-state index contributed by atoms with van der Waals surface area (Å²) in [5, 5.41) is 0.824. The average Bonchev–Trinajstić information content (AvgIpc) is 3.19. The van der Waals surface area contributed by atoms with Gasteiger partial charge >= 0.3 is 5.97 Å². The first kappa shape index (κ1) is 16.5. The van der Waals surface area contributed by atoms with Crippen molar-refractivity contribution < 1.29 is 14.3 Å². The first-order valence-corrected chi connectivity index (χ1v) is 7.34. The molecular formula is C17H19N3O3. The highest BCUT2D eigenvalue weighted by molar-refractivity contribution is 6.15. The molecular weight excluding hydrogens is 294 g/mol. The fourth-order valence-electron chi connectivity index (χ4n) is 2.29. The van der Waals surface area contributed by atoms with Crippen LogP contribution < -0.4 is 0 Å². The smallest absolute Gasteiger partial charge is 0.356 e. The maximum absolute atomic E-state index is 12.6. The van der Waals surface area contributed by atoms with E-state index in [0.717, 1.165) is 10.9 Å². The zero-order chi connectivity index (χ0) is 17.0. The van der Waals surface area contributed by atoms with Crippen LogP contribution in [-0.2, 0) is 11.8 Å². The summed E-state index contributed by atoms with van der Waals surface area (Å²) >= 11 is 0. The molecule has 1 aromatic carbocycles. The highest BCUT2D eigenvalue weighted by Crippen LogP contribution is 2.20. The van der Waals surface area contributed by atoms with Crippen LogP contribution in [-0.4, -0.2) is 33.4 Å². The van der Waals surface area contributed by atoms with Gasteiger partial charge in [-0.1, -0.05) is 32.0 Å².